The average molecular weight is 544 g/mol. The number of likely N-dealkylation sites (N-methyl/N-ethyl adjacent to an activating group) is 1. The molecule has 7 heteroatoms. The number of nitrogens with zero attached hydrogens (tertiary/aromatic N) is 1. The van der Waals surface area contributed by atoms with E-state index >= 15 is 0 Å². The zero-order valence-corrected chi connectivity index (χ0v) is 25.8. The summed E-state index contributed by atoms with van der Waals surface area (Å²) >= 11 is 0. The van der Waals surface area contributed by atoms with Crippen molar-refractivity contribution in [2.75, 3.05) is 20.7 Å². The van der Waals surface area contributed by atoms with E-state index in [1.54, 1.807) is 26.0 Å². The monoisotopic (exact) mass is 543 g/mol. The standard InChI is InChI=1S/C23H29N3O4.3C3H8/c1-4-17(13-21(24)27)23(29)25-14-22(28)26(2)15-16-6-5-7-19(12-16)18-8-10-20(30-3)11-9-18;3*1-3-2/h5-12,17H,4,13-15H2,1-3H3,(H2,24,27)(H,25,29);3*3H2,1-2H3. The lowest BCUT2D eigenvalue weighted by Gasteiger charge is -2.19. The van der Waals surface area contributed by atoms with Gasteiger partial charge in [-0.2, -0.15) is 0 Å². The van der Waals surface area contributed by atoms with E-state index in [9.17, 15) is 14.4 Å². The third-order valence-corrected chi connectivity index (χ3v) is 4.92. The summed E-state index contributed by atoms with van der Waals surface area (Å²) in [4.78, 5) is 37.2. The van der Waals surface area contributed by atoms with E-state index in [0.29, 0.717) is 13.0 Å². The topological polar surface area (TPSA) is 102 Å². The van der Waals surface area contributed by atoms with Crippen LogP contribution < -0.4 is 15.8 Å². The van der Waals surface area contributed by atoms with Crippen LogP contribution in [0, 0.1) is 5.92 Å². The molecule has 1 atom stereocenters. The smallest absolute Gasteiger partial charge is 0.242 e. The van der Waals surface area contributed by atoms with Crippen molar-refractivity contribution in [3.05, 3.63) is 54.1 Å². The Morgan fingerprint density at radius 1 is 0.872 bits per heavy atom. The Morgan fingerprint density at radius 2 is 1.41 bits per heavy atom. The lowest BCUT2D eigenvalue weighted by molar-refractivity contribution is -0.134. The molecule has 0 aliphatic carbocycles. The largest absolute Gasteiger partial charge is 0.497 e. The number of rotatable bonds is 10. The Labute approximate surface area is 237 Å². The van der Waals surface area contributed by atoms with Crippen LogP contribution in [0.3, 0.4) is 0 Å². The highest BCUT2D eigenvalue weighted by molar-refractivity contribution is 5.88. The van der Waals surface area contributed by atoms with E-state index in [2.05, 4.69) is 46.9 Å². The quantitative estimate of drug-likeness (QED) is 0.353. The molecule has 0 saturated carbocycles. The summed E-state index contributed by atoms with van der Waals surface area (Å²) in [5, 5.41) is 2.60. The SMILES string of the molecule is CCC.CCC.CCC.CCC(CC(N)=O)C(=O)NCC(=O)N(C)Cc1cccc(-c2ccc(OC)cc2)c1. The van der Waals surface area contributed by atoms with Gasteiger partial charge in [-0.05, 0) is 41.3 Å². The Hall–Kier alpha value is -3.35. The average Bonchev–Trinajstić information content (AvgIpc) is 2.91. The van der Waals surface area contributed by atoms with Gasteiger partial charge in [-0.15, -0.1) is 0 Å². The number of hydrogen-bond donors (Lipinski definition) is 2. The molecular formula is C32H53N3O4. The van der Waals surface area contributed by atoms with E-state index in [4.69, 9.17) is 10.5 Å². The van der Waals surface area contributed by atoms with E-state index in [1.165, 1.54) is 19.3 Å². The molecule has 0 aromatic heterocycles. The number of carbonyl (C=O) groups is 3. The molecule has 2 rings (SSSR count). The molecule has 0 heterocycles. The molecule has 2 aromatic carbocycles. The zero-order valence-electron chi connectivity index (χ0n) is 25.8. The summed E-state index contributed by atoms with van der Waals surface area (Å²) in [6, 6.07) is 15.7. The van der Waals surface area contributed by atoms with Crippen LogP contribution in [0.5, 0.6) is 5.75 Å². The van der Waals surface area contributed by atoms with E-state index in [1.807, 2.05) is 48.5 Å². The first-order valence-electron chi connectivity index (χ1n) is 14.1. The van der Waals surface area contributed by atoms with Crippen LogP contribution in [0.4, 0.5) is 0 Å². The second-order valence-corrected chi connectivity index (χ2v) is 9.29. The Kier molecular flexibility index (Phi) is 23.0. The van der Waals surface area contributed by atoms with Gasteiger partial charge >= 0.3 is 0 Å². The summed E-state index contributed by atoms with van der Waals surface area (Å²) in [7, 11) is 3.32. The maximum Gasteiger partial charge on any atom is 0.242 e. The van der Waals surface area contributed by atoms with Gasteiger partial charge in [-0.1, -0.05) is 98.1 Å². The first-order chi connectivity index (χ1) is 18.6. The van der Waals surface area contributed by atoms with Crippen LogP contribution in [0.1, 0.15) is 86.1 Å². The maximum atomic E-state index is 12.4. The van der Waals surface area contributed by atoms with Crippen molar-refractivity contribution >= 4 is 17.7 Å². The number of ether oxygens (including phenoxy) is 1. The van der Waals surface area contributed by atoms with Gasteiger partial charge in [0.15, 0.2) is 0 Å². The minimum atomic E-state index is -0.530. The molecule has 39 heavy (non-hydrogen) atoms. The molecule has 220 valence electrons. The maximum absolute atomic E-state index is 12.4. The number of methoxy groups -OCH3 is 1. The molecule has 3 N–H and O–H groups in total. The number of carbonyl (C=O) groups excluding carboxylic acids is 3. The van der Waals surface area contributed by atoms with Gasteiger partial charge in [-0.25, -0.2) is 0 Å². The Bertz CT molecular complexity index is 925. The number of hydrogen-bond acceptors (Lipinski definition) is 4. The van der Waals surface area contributed by atoms with Gasteiger partial charge in [0.05, 0.1) is 13.7 Å². The number of primary amides is 1. The minimum Gasteiger partial charge on any atom is -0.497 e. The molecule has 7 nitrogen and oxygen atoms in total. The van der Waals surface area contributed by atoms with Crippen LogP contribution in [-0.4, -0.2) is 43.3 Å². The lowest BCUT2D eigenvalue weighted by Crippen LogP contribution is -2.40. The van der Waals surface area contributed by atoms with Gasteiger partial charge in [0, 0.05) is 25.9 Å². The van der Waals surface area contributed by atoms with Crippen molar-refractivity contribution < 1.29 is 19.1 Å². The molecule has 0 aliphatic heterocycles. The van der Waals surface area contributed by atoms with Crippen molar-refractivity contribution in [1.82, 2.24) is 10.2 Å². The fourth-order valence-electron chi connectivity index (χ4n) is 3.10. The minimum absolute atomic E-state index is 0.0233. The second kappa shape index (κ2) is 23.7. The lowest BCUT2D eigenvalue weighted by atomic mass is 10.0. The van der Waals surface area contributed by atoms with Crippen molar-refractivity contribution in [2.24, 2.45) is 11.7 Å². The van der Waals surface area contributed by atoms with Gasteiger partial charge in [0.2, 0.25) is 17.7 Å². The predicted octanol–water partition coefficient (Wildman–Crippen LogP) is 6.59. The summed E-state index contributed by atoms with van der Waals surface area (Å²) < 4.78 is 5.19. The van der Waals surface area contributed by atoms with Crippen molar-refractivity contribution in [1.29, 1.82) is 0 Å². The van der Waals surface area contributed by atoms with Crippen molar-refractivity contribution in [2.45, 2.75) is 87.1 Å². The predicted molar refractivity (Wildman–Crippen MR) is 163 cm³/mol. The fourth-order valence-corrected chi connectivity index (χ4v) is 3.10. The summed E-state index contributed by atoms with van der Waals surface area (Å²) in [5.41, 5.74) is 8.24. The highest BCUT2D eigenvalue weighted by atomic mass is 16.5. The van der Waals surface area contributed by atoms with Crippen LogP contribution in [0.25, 0.3) is 11.1 Å². The van der Waals surface area contributed by atoms with Gasteiger partial charge in [0.25, 0.3) is 0 Å². The molecule has 0 spiro atoms. The Morgan fingerprint density at radius 3 is 1.87 bits per heavy atom. The molecule has 0 saturated heterocycles. The number of nitrogens with two attached hydrogens (primary N) is 1. The first-order valence-corrected chi connectivity index (χ1v) is 14.1. The molecule has 1 unspecified atom stereocenters. The third kappa shape index (κ3) is 17.7. The molecular weight excluding hydrogens is 490 g/mol. The van der Waals surface area contributed by atoms with E-state index in [0.717, 1.165) is 22.4 Å². The normalized spacial score (nSPS) is 10.2. The second-order valence-electron chi connectivity index (χ2n) is 9.29. The number of benzene rings is 2. The number of nitrogens with one attached hydrogen (secondary N) is 1. The first kappa shape index (κ1) is 37.8. The fraction of sp³-hybridized carbons (Fsp3) is 0.531. The van der Waals surface area contributed by atoms with Crippen molar-refractivity contribution in [3.63, 3.8) is 0 Å². The highest BCUT2D eigenvalue weighted by Crippen LogP contribution is 2.23. The third-order valence-electron chi connectivity index (χ3n) is 4.92. The summed E-state index contributed by atoms with van der Waals surface area (Å²) in [6.45, 7) is 14.8. The van der Waals surface area contributed by atoms with Crippen LogP contribution in [-0.2, 0) is 20.9 Å². The Balaban J connectivity index is 0. The number of amides is 3. The van der Waals surface area contributed by atoms with Crippen molar-refractivity contribution in [3.8, 4) is 16.9 Å². The zero-order chi connectivity index (χ0) is 30.2. The highest BCUT2D eigenvalue weighted by Gasteiger charge is 2.20. The van der Waals surface area contributed by atoms with Crippen LogP contribution in [0.2, 0.25) is 0 Å². The van der Waals surface area contributed by atoms with Gasteiger partial charge < -0.3 is 20.7 Å². The van der Waals surface area contributed by atoms with E-state index in [-0.39, 0.29) is 24.8 Å². The van der Waals surface area contributed by atoms with Gasteiger partial charge in [0.1, 0.15) is 5.75 Å². The van der Waals surface area contributed by atoms with E-state index < -0.39 is 11.8 Å². The molecule has 0 aliphatic rings. The molecule has 3 amide bonds. The molecule has 0 fully saturated rings. The molecule has 2 aromatic rings. The van der Waals surface area contributed by atoms with Gasteiger partial charge in [-0.3, -0.25) is 14.4 Å². The summed E-state index contributed by atoms with van der Waals surface area (Å²) in [5.74, 6) is -0.797. The molecule has 0 radical (unpaired) electrons. The van der Waals surface area contributed by atoms with Crippen LogP contribution in [0.15, 0.2) is 48.5 Å². The van der Waals surface area contributed by atoms with Crippen LogP contribution >= 0.6 is 0 Å². The summed E-state index contributed by atoms with van der Waals surface area (Å²) in [6.07, 6.45) is 4.21. The molecule has 0 bridgehead atoms.